The van der Waals surface area contributed by atoms with Gasteiger partial charge in [0.15, 0.2) is 5.82 Å². The van der Waals surface area contributed by atoms with E-state index in [0.717, 1.165) is 28.5 Å². The zero-order valence-electron chi connectivity index (χ0n) is 15.4. The first kappa shape index (κ1) is 18.7. The Kier molecular flexibility index (Phi) is 4.80. The molecule has 4 rings (SSSR count). The van der Waals surface area contributed by atoms with E-state index < -0.39 is 11.7 Å². The second-order valence-corrected chi connectivity index (χ2v) is 6.35. The van der Waals surface area contributed by atoms with Crippen LogP contribution in [0.2, 0.25) is 0 Å². The van der Waals surface area contributed by atoms with Crippen molar-refractivity contribution in [3.8, 4) is 17.0 Å². The first-order valence-electron chi connectivity index (χ1n) is 8.80. The second kappa shape index (κ2) is 7.43. The lowest BCUT2D eigenvalue weighted by atomic mass is 10.0. The molecule has 0 saturated heterocycles. The minimum atomic E-state index is -4.46. The quantitative estimate of drug-likeness (QED) is 0.456. The van der Waals surface area contributed by atoms with Crippen molar-refractivity contribution >= 4 is 22.3 Å². The molecule has 7 heteroatoms. The van der Waals surface area contributed by atoms with Crippen LogP contribution in [0.25, 0.3) is 22.0 Å². The number of nitrogens with zero attached hydrogens (tertiary/aromatic N) is 2. The van der Waals surface area contributed by atoms with E-state index in [-0.39, 0.29) is 11.4 Å². The van der Waals surface area contributed by atoms with Gasteiger partial charge in [0.2, 0.25) is 0 Å². The molecule has 0 unspecified atom stereocenters. The Morgan fingerprint density at radius 1 is 0.828 bits per heavy atom. The first-order valence-corrected chi connectivity index (χ1v) is 8.80. The van der Waals surface area contributed by atoms with Crippen LogP contribution in [0.15, 0.2) is 72.8 Å². The van der Waals surface area contributed by atoms with Gasteiger partial charge in [-0.05, 0) is 18.2 Å². The minimum Gasteiger partial charge on any atom is -0.495 e. The number of anilines is 2. The first-order chi connectivity index (χ1) is 14.0. The van der Waals surface area contributed by atoms with Crippen LogP contribution < -0.4 is 10.1 Å². The predicted molar refractivity (Wildman–Crippen MR) is 106 cm³/mol. The normalized spacial score (nSPS) is 11.4. The van der Waals surface area contributed by atoms with Crippen molar-refractivity contribution in [1.29, 1.82) is 0 Å². The predicted octanol–water partition coefficient (Wildman–Crippen LogP) is 6.07. The molecule has 0 amide bonds. The van der Waals surface area contributed by atoms with Gasteiger partial charge in [-0.2, -0.15) is 13.2 Å². The molecule has 0 radical (unpaired) electrons. The zero-order valence-corrected chi connectivity index (χ0v) is 15.4. The molecular weight excluding hydrogens is 379 g/mol. The summed E-state index contributed by atoms with van der Waals surface area (Å²) in [7, 11) is 1.40. The van der Waals surface area contributed by atoms with E-state index in [2.05, 4.69) is 15.5 Å². The standard InChI is InChI=1S/C22H16F3N3O/c1-29-19-12-11-15(22(23,24)25)13-18(19)26-21-17-10-6-5-9-16(17)20(27-28-21)14-7-3-2-4-8-14/h2-13H,1H3,(H,26,28). The molecule has 1 aromatic heterocycles. The molecular formula is C22H16F3N3O. The fourth-order valence-corrected chi connectivity index (χ4v) is 3.11. The molecule has 0 atom stereocenters. The van der Waals surface area contributed by atoms with Gasteiger partial charge >= 0.3 is 6.18 Å². The molecule has 1 heterocycles. The van der Waals surface area contributed by atoms with Gasteiger partial charge < -0.3 is 10.1 Å². The summed E-state index contributed by atoms with van der Waals surface area (Å²) >= 11 is 0. The van der Waals surface area contributed by atoms with Crippen LogP contribution in [0.5, 0.6) is 5.75 Å². The maximum Gasteiger partial charge on any atom is 0.416 e. The fraction of sp³-hybridized carbons (Fsp3) is 0.0909. The van der Waals surface area contributed by atoms with E-state index in [0.29, 0.717) is 11.5 Å². The van der Waals surface area contributed by atoms with Crippen molar-refractivity contribution in [2.75, 3.05) is 12.4 Å². The molecule has 1 N–H and O–H groups in total. The summed E-state index contributed by atoms with van der Waals surface area (Å²) in [4.78, 5) is 0. The molecule has 146 valence electrons. The largest absolute Gasteiger partial charge is 0.495 e. The topological polar surface area (TPSA) is 47.0 Å². The summed E-state index contributed by atoms with van der Waals surface area (Å²) in [5, 5.41) is 13.1. The fourth-order valence-electron chi connectivity index (χ4n) is 3.11. The van der Waals surface area contributed by atoms with Gasteiger partial charge in [-0.1, -0.05) is 54.6 Å². The van der Waals surface area contributed by atoms with Crippen molar-refractivity contribution in [3.63, 3.8) is 0 Å². The van der Waals surface area contributed by atoms with Crippen molar-refractivity contribution in [2.24, 2.45) is 0 Å². The lowest BCUT2D eigenvalue weighted by molar-refractivity contribution is -0.137. The van der Waals surface area contributed by atoms with Gasteiger partial charge in [0.1, 0.15) is 11.4 Å². The molecule has 0 fully saturated rings. The highest BCUT2D eigenvalue weighted by Crippen LogP contribution is 2.37. The summed E-state index contributed by atoms with van der Waals surface area (Å²) in [6, 6.07) is 20.3. The maximum absolute atomic E-state index is 13.1. The van der Waals surface area contributed by atoms with Gasteiger partial charge in [0, 0.05) is 16.3 Å². The number of hydrogen-bond donors (Lipinski definition) is 1. The molecule has 0 spiro atoms. The number of ether oxygens (including phenoxy) is 1. The molecule has 0 aliphatic heterocycles. The average Bonchev–Trinajstić information content (AvgIpc) is 2.74. The van der Waals surface area contributed by atoms with Crippen molar-refractivity contribution in [1.82, 2.24) is 10.2 Å². The SMILES string of the molecule is COc1ccc(C(F)(F)F)cc1Nc1nnc(-c2ccccc2)c2ccccc12. The number of benzene rings is 3. The third-order valence-corrected chi connectivity index (χ3v) is 4.51. The molecule has 0 aliphatic carbocycles. The Morgan fingerprint density at radius 2 is 1.52 bits per heavy atom. The zero-order chi connectivity index (χ0) is 20.4. The third kappa shape index (κ3) is 3.71. The molecule has 29 heavy (non-hydrogen) atoms. The monoisotopic (exact) mass is 395 g/mol. The summed E-state index contributed by atoms with van der Waals surface area (Å²) in [6.07, 6.45) is -4.46. The highest BCUT2D eigenvalue weighted by Gasteiger charge is 2.31. The summed E-state index contributed by atoms with van der Waals surface area (Å²) in [5.41, 5.74) is 0.982. The van der Waals surface area contributed by atoms with E-state index in [9.17, 15) is 13.2 Å². The molecule has 0 aliphatic rings. The Morgan fingerprint density at radius 3 is 2.21 bits per heavy atom. The lowest BCUT2D eigenvalue weighted by Gasteiger charge is -2.15. The third-order valence-electron chi connectivity index (χ3n) is 4.51. The van der Waals surface area contributed by atoms with Gasteiger partial charge in [-0.25, -0.2) is 0 Å². The van der Waals surface area contributed by atoms with Crippen molar-refractivity contribution in [3.05, 3.63) is 78.4 Å². The average molecular weight is 395 g/mol. The van der Waals surface area contributed by atoms with Gasteiger partial charge in [-0.15, -0.1) is 10.2 Å². The molecule has 3 aromatic carbocycles. The van der Waals surface area contributed by atoms with Gasteiger partial charge in [0.05, 0.1) is 18.4 Å². The van der Waals surface area contributed by atoms with Gasteiger partial charge in [-0.3, -0.25) is 0 Å². The number of fused-ring (bicyclic) bond motifs is 1. The number of aromatic nitrogens is 2. The number of nitrogens with one attached hydrogen (secondary N) is 1. The molecule has 4 nitrogen and oxygen atoms in total. The van der Waals surface area contributed by atoms with Crippen LogP contribution in [-0.2, 0) is 6.18 Å². The van der Waals surface area contributed by atoms with E-state index in [1.165, 1.54) is 13.2 Å². The van der Waals surface area contributed by atoms with Gasteiger partial charge in [0.25, 0.3) is 0 Å². The maximum atomic E-state index is 13.1. The van der Waals surface area contributed by atoms with Crippen LogP contribution in [0, 0.1) is 0 Å². The number of hydrogen-bond acceptors (Lipinski definition) is 4. The number of alkyl halides is 3. The Bertz CT molecular complexity index is 1160. The van der Waals surface area contributed by atoms with E-state index in [1.807, 2.05) is 54.6 Å². The minimum absolute atomic E-state index is 0.161. The molecule has 0 saturated carbocycles. The summed E-state index contributed by atoms with van der Waals surface area (Å²) in [6.45, 7) is 0. The Balaban J connectivity index is 1.83. The van der Waals surface area contributed by atoms with Crippen molar-refractivity contribution in [2.45, 2.75) is 6.18 Å². The van der Waals surface area contributed by atoms with Crippen LogP contribution in [0.1, 0.15) is 5.56 Å². The Labute approximate surface area is 165 Å². The highest BCUT2D eigenvalue weighted by atomic mass is 19.4. The van der Waals surface area contributed by atoms with E-state index in [4.69, 9.17) is 4.74 Å². The van der Waals surface area contributed by atoms with Crippen LogP contribution in [-0.4, -0.2) is 17.3 Å². The second-order valence-electron chi connectivity index (χ2n) is 6.35. The van der Waals surface area contributed by atoms with E-state index >= 15 is 0 Å². The highest BCUT2D eigenvalue weighted by molar-refractivity contribution is 6.01. The number of halogens is 3. The molecule has 4 aromatic rings. The Hall–Kier alpha value is -3.61. The number of methoxy groups -OCH3 is 1. The van der Waals surface area contributed by atoms with Crippen molar-refractivity contribution < 1.29 is 17.9 Å². The smallest absolute Gasteiger partial charge is 0.416 e. The molecule has 0 bridgehead atoms. The summed E-state index contributed by atoms with van der Waals surface area (Å²) in [5.74, 6) is 0.619. The lowest BCUT2D eigenvalue weighted by Crippen LogP contribution is -2.07. The van der Waals surface area contributed by atoms with E-state index in [1.54, 1.807) is 0 Å². The van der Waals surface area contributed by atoms with Crippen LogP contribution >= 0.6 is 0 Å². The summed E-state index contributed by atoms with van der Waals surface area (Å²) < 4.78 is 44.6. The van der Waals surface area contributed by atoms with Crippen LogP contribution in [0.4, 0.5) is 24.7 Å². The van der Waals surface area contributed by atoms with Crippen LogP contribution in [0.3, 0.4) is 0 Å². The number of rotatable bonds is 4.